The van der Waals surface area contributed by atoms with E-state index in [1.54, 1.807) is 0 Å². The summed E-state index contributed by atoms with van der Waals surface area (Å²) in [7, 11) is 0. The molecule has 0 atom stereocenters. The van der Waals surface area contributed by atoms with E-state index in [4.69, 9.17) is 0 Å². The van der Waals surface area contributed by atoms with Gasteiger partial charge in [0.05, 0.1) is 10.4 Å². The van der Waals surface area contributed by atoms with Crippen molar-refractivity contribution >= 4 is 38.5 Å². The molecule has 3 aromatic rings. The van der Waals surface area contributed by atoms with Crippen LogP contribution in [0.25, 0.3) is 26.9 Å². The normalized spacial score (nSPS) is 10.9. The molecular weight excluding hydrogens is 202 g/mol. The second-order valence-corrected chi connectivity index (χ2v) is 4.24. The van der Waals surface area contributed by atoms with Gasteiger partial charge in [-0.3, -0.25) is 0 Å². The molecule has 0 N–H and O–H groups in total. The molecule has 0 unspecified atom stereocenters. The average molecular weight is 211 g/mol. The maximum absolute atomic E-state index is 4.39. The molecule has 0 amide bonds. The third kappa shape index (κ3) is 1.18. The van der Waals surface area contributed by atoms with Gasteiger partial charge in [-0.05, 0) is 34.4 Å². The summed E-state index contributed by atoms with van der Waals surface area (Å²) < 4.78 is 5.61. The zero-order valence-electron chi connectivity index (χ0n) is 8.10. The van der Waals surface area contributed by atoms with Crippen LogP contribution in [0.2, 0.25) is 0 Å². The van der Waals surface area contributed by atoms with Crippen molar-refractivity contribution in [3.63, 3.8) is 0 Å². The lowest BCUT2D eigenvalue weighted by Crippen LogP contribution is -1.75. The number of rotatable bonds is 1. The molecule has 3 rings (SSSR count). The Morgan fingerprint density at radius 3 is 2.87 bits per heavy atom. The summed E-state index contributed by atoms with van der Waals surface area (Å²) >= 11 is 1.53. The molecule has 2 heteroatoms. The largest absolute Gasteiger partial charge is 0.192 e. The first kappa shape index (κ1) is 8.62. The molecule has 0 bridgehead atoms. The minimum Gasteiger partial charge on any atom is -0.192 e. The van der Waals surface area contributed by atoms with E-state index in [2.05, 4.69) is 47.4 Å². The van der Waals surface area contributed by atoms with Crippen LogP contribution in [-0.2, 0) is 0 Å². The summed E-state index contributed by atoms with van der Waals surface area (Å²) in [5.74, 6) is 0. The molecule has 2 aromatic carbocycles. The molecule has 1 nitrogen and oxygen atoms in total. The van der Waals surface area contributed by atoms with Crippen LogP contribution in [0.15, 0.2) is 43.0 Å². The number of aromatic nitrogens is 1. The van der Waals surface area contributed by atoms with Crippen molar-refractivity contribution in [1.82, 2.24) is 4.37 Å². The van der Waals surface area contributed by atoms with Crippen LogP contribution in [0, 0.1) is 0 Å². The van der Waals surface area contributed by atoms with Gasteiger partial charge < -0.3 is 0 Å². The Balaban J connectivity index is 2.61. The van der Waals surface area contributed by atoms with Crippen molar-refractivity contribution in [1.29, 1.82) is 0 Å². The zero-order valence-corrected chi connectivity index (χ0v) is 8.92. The van der Waals surface area contributed by atoms with Crippen LogP contribution >= 0.6 is 11.5 Å². The van der Waals surface area contributed by atoms with E-state index in [-0.39, 0.29) is 0 Å². The average Bonchev–Trinajstić information content (AvgIpc) is 2.72. The van der Waals surface area contributed by atoms with Crippen LogP contribution in [0.3, 0.4) is 0 Å². The highest BCUT2D eigenvalue weighted by molar-refractivity contribution is 7.13. The van der Waals surface area contributed by atoms with E-state index in [1.807, 2.05) is 6.08 Å². The van der Waals surface area contributed by atoms with Gasteiger partial charge in [-0.2, -0.15) is 4.37 Å². The van der Waals surface area contributed by atoms with Gasteiger partial charge in [0.1, 0.15) is 0 Å². The summed E-state index contributed by atoms with van der Waals surface area (Å²) in [6, 6.07) is 12.7. The standard InChI is InChI=1S/C13H9NS/c1-2-11-13-10-6-4-3-5-9(10)7-8-12(13)15-14-11/h2-8H,1H2. The first-order chi connectivity index (χ1) is 7.40. The third-order valence-electron chi connectivity index (χ3n) is 2.58. The van der Waals surface area contributed by atoms with Crippen molar-refractivity contribution in [2.24, 2.45) is 0 Å². The lowest BCUT2D eigenvalue weighted by Gasteiger charge is -1.98. The molecular formula is C13H9NS. The fourth-order valence-electron chi connectivity index (χ4n) is 1.88. The minimum atomic E-state index is 0.992. The Morgan fingerprint density at radius 1 is 1.13 bits per heavy atom. The first-order valence-corrected chi connectivity index (χ1v) is 5.57. The lowest BCUT2D eigenvalue weighted by atomic mass is 10.1. The van der Waals surface area contributed by atoms with E-state index < -0.39 is 0 Å². The second-order valence-electron chi connectivity index (χ2n) is 3.43. The Bertz CT molecular complexity index is 652. The Labute approximate surface area is 91.8 Å². The molecule has 1 aromatic heterocycles. The van der Waals surface area contributed by atoms with Gasteiger partial charge in [0, 0.05) is 5.39 Å². The van der Waals surface area contributed by atoms with E-state index in [0.717, 1.165) is 5.69 Å². The number of hydrogen-bond acceptors (Lipinski definition) is 2. The van der Waals surface area contributed by atoms with Gasteiger partial charge >= 0.3 is 0 Å². The fraction of sp³-hybridized carbons (Fsp3) is 0. The van der Waals surface area contributed by atoms with Crippen LogP contribution in [0.5, 0.6) is 0 Å². The van der Waals surface area contributed by atoms with Gasteiger partial charge in [-0.1, -0.05) is 36.9 Å². The molecule has 0 aliphatic rings. The minimum absolute atomic E-state index is 0.992. The van der Waals surface area contributed by atoms with Crippen molar-refractivity contribution < 1.29 is 0 Å². The second kappa shape index (κ2) is 3.17. The van der Waals surface area contributed by atoms with Gasteiger partial charge in [-0.25, -0.2) is 0 Å². The number of nitrogens with zero attached hydrogens (tertiary/aromatic N) is 1. The molecule has 0 spiro atoms. The van der Waals surface area contributed by atoms with Crippen molar-refractivity contribution in [3.8, 4) is 0 Å². The highest BCUT2D eigenvalue weighted by Crippen LogP contribution is 2.30. The van der Waals surface area contributed by atoms with Gasteiger partial charge in [0.2, 0.25) is 0 Å². The first-order valence-electron chi connectivity index (χ1n) is 4.80. The summed E-state index contributed by atoms with van der Waals surface area (Å²) in [5, 5.41) is 3.75. The van der Waals surface area contributed by atoms with Crippen molar-refractivity contribution in [3.05, 3.63) is 48.7 Å². The molecule has 0 aliphatic carbocycles. The monoisotopic (exact) mass is 211 g/mol. The number of benzene rings is 2. The maximum Gasteiger partial charge on any atom is 0.0847 e. The molecule has 0 saturated heterocycles. The smallest absolute Gasteiger partial charge is 0.0847 e. The van der Waals surface area contributed by atoms with Crippen LogP contribution in [0.4, 0.5) is 0 Å². The predicted octanol–water partition coefficient (Wildman–Crippen LogP) is 4.09. The van der Waals surface area contributed by atoms with Crippen molar-refractivity contribution in [2.75, 3.05) is 0 Å². The zero-order chi connectivity index (χ0) is 10.3. The predicted molar refractivity (Wildman–Crippen MR) is 67.2 cm³/mol. The quantitative estimate of drug-likeness (QED) is 0.590. The molecule has 0 aliphatic heterocycles. The van der Waals surface area contributed by atoms with Gasteiger partial charge in [-0.15, -0.1) is 0 Å². The highest BCUT2D eigenvalue weighted by atomic mass is 32.1. The molecule has 0 saturated carbocycles. The Hall–Kier alpha value is -1.67. The number of fused-ring (bicyclic) bond motifs is 3. The van der Waals surface area contributed by atoms with Crippen LogP contribution in [-0.4, -0.2) is 4.37 Å². The molecule has 0 radical (unpaired) electrons. The van der Waals surface area contributed by atoms with E-state index in [9.17, 15) is 0 Å². The molecule has 72 valence electrons. The van der Waals surface area contributed by atoms with E-state index in [0.29, 0.717) is 0 Å². The summed E-state index contributed by atoms with van der Waals surface area (Å²) in [6.45, 7) is 3.80. The van der Waals surface area contributed by atoms with Crippen molar-refractivity contribution in [2.45, 2.75) is 0 Å². The SMILES string of the molecule is C=Cc1nsc2ccc3ccccc3c12. The summed E-state index contributed by atoms with van der Waals surface area (Å²) in [4.78, 5) is 0. The third-order valence-corrected chi connectivity index (χ3v) is 3.41. The van der Waals surface area contributed by atoms with Gasteiger partial charge in [0.25, 0.3) is 0 Å². The molecule has 0 fully saturated rings. The van der Waals surface area contributed by atoms with E-state index in [1.165, 1.54) is 32.4 Å². The lowest BCUT2D eigenvalue weighted by molar-refractivity contribution is 1.55. The van der Waals surface area contributed by atoms with E-state index >= 15 is 0 Å². The molecule has 1 heterocycles. The van der Waals surface area contributed by atoms with Crippen LogP contribution in [0.1, 0.15) is 5.69 Å². The number of hydrogen-bond donors (Lipinski definition) is 0. The Morgan fingerprint density at radius 2 is 2.00 bits per heavy atom. The van der Waals surface area contributed by atoms with Crippen LogP contribution < -0.4 is 0 Å². The topological polar surface area (TPSA) is 12.9 Å². The summed E-state index contributed by atoms with van der Waals surface area (Å²) in [6.07, 6.45) is 1.82. The Kier molecular flexibility index (Phi) is 1.82. The maximum atomic E-state index is 4.39. The summed E-state index contributed by atoms with van der Waals surface area (Å²) in [5.41, 5.74) is 0.992. The fourth-order valence-corrected chi connectivity index (χ4v) is 2.67. The highest BCUT2D eigenvalue weighted by Gasteiger charge is 2.06. The van der Waals surface area contributed by atoms with Gasteiger partial charge in [0.15, 0.2) is 0 Å². The molecule has 15 heavy (non-hydrogen) atoms.